The summed E-state index contributed by atoms with van der Waals surface area (Å²) >= 11 is 5.89. The van der Waals surface area contributed by atoms with E-state index in [1.165, 1.54) is 12.1 Å². The van der Waals surface area contributed by atoms with Crippen molar-refractivity contribution in [3.63, 3.8) is 0 Å². The van der Waals surface area contributed by atoms with Gasteiger partial charge in [-0.2, -0.15) is 0 Å². The summed E-state index contributed by atoms with van der Waals surface area (Å²) in [5, 5.41) is 3.33. The normalized spacial score (nSPS) is 10.5. The topological polar surface area (TPSA) is 81.4 Å². The molecule has 0 spiro atoms. The van der Waals surface area contributed by atoms with Crippen molar-refractivity contribution in [2.24, 2.45) is 5.73 Å². The third-order valence-electron chi connectivity index (χ3n) is 4.14. The Morgan fingerprint density at radius 1 is 0.929 bits per heavy atom. The van der Waals surface area contributed by atoms with Crippen LogP contribution in [0.2, 0.25) is 5.02 Å². The molecule has 3 aromatic rings. The summed E-state index contributed by atoms with van der Waals surface area (Å²) in [5.41, 5.74) is 7.37. The van der Waals surface area contributed by atoms with E-state index in [9.17, 15) is 9.59 Å². The van der Waals surface area contributed by atoms with E-state index in [-0.39, 0.29) is 29.9 Å². The van der Waals surface area contributed by atoms with E-state index in [1.807, 2.05) is 60.7 Å². The third-order valence-corrected chi connectivity index (χ3v) is 4.37. The first kappa shape index (κ1) is 19.5. The van der Waals surface area contributed by atoms with Crippen LogP contribution in [0.1, 0.15) is 27.5 Å². The van der Waals surface area contributed by atoms with Gasteiger partial charge >= 0.3 is 0 Å². The number of ether oxygens (including phenoxy) is 1. The quantitative estimate of drug-likeness (QED) is 0.640. The van der Waals surface area contributed by atoms with Crippen molar-refractivity contribution in [1.29, 1.82) is 0 Å². The highest BCUT2D eigenvalue weighted by molar-refractivity contribution is 6.31. The molecule has 3 N–H and O–H groups in total. The second kappa shape index (κ2) is 9.06. The van der Waals surface area contributed by atoms with Crippen LogP contribution >= 0.6 is 11.6 Å². The first-order valence-electron chi connectivity index (χ1n) is 8.66. The molecule has 0 unspecified atom stereocenters. The molecule has 2 amide bonds. The first-order valence-corrected chi connectivity index (χ1v) is 9.04. The lowest BCUT2D eigenvalue weighted by Crippen LogP contribution is -2.33. The largest absolute Gasteiger partial charge is 0.483 e. The first-order chi connectivity index (χ1) is 13.5. The second-order valence-electron chi connectivity index (χ2n) is 6.12. The Labute approximate surface area is 168 Å². The Hall–Kier alpha value is -3.31. The van der Waals surface area contributed by atoms with Gasteiger partial charge in [-0.3, -0.25) is 9.59 Å². The predicted molar refractivity (Wildman–Crippen MR) is 108 cm³/mol. The van der Waals surface area contributed by atoms with E-state index in [0.29, 0.717) is 5.02 Å². The van der Waals surface area contributed by atoms with Gasteiger partial charge in [0.15, 0.2) is 6.61 Å². The maximum atomic E-state index is 12.5. The van der Waals surface area contributed by atoms with Crippen molar-refractivity contribution in [2.45, 2.75) is 6.04 Å². The number of nitrogens with one attached hydrogen (secondary N) is 1. The van der Waals surface area contributed by atoms with E-state index in [2.05, 4.69) is 5.32 Å². The van der Waals surface area contributed by atoms with Gasteiger partial charge in [-0.1, -0.05) is 72.3 Å². The van der Waals surface area contributed by atoms with Gasteiger partial charge in [0.25, 0.3) is 11.8 Å². The molecule has 0 aromatic heterocycles. The minimum atomic E-state index is -0.677. The number of carbonyl (C=O) groups is 2. The summed E-state index contributed by atoms with van der Waals surface area (Å²) in [5.74, 6) is -0.796. The highest BCUT2D eigenvalue weighted by Gasteiger charge is 2.18. The van der Waals surface area contributed by atoms with Crippen LogP contribution in [0.3, 0.4) is 0 Å². The maximum Gasteiger partial charge on any atom is 0.258 e. The van der Waals surface area contributed by atoms with Gasteiger partial charge in [0.05, 0.1) is 11.6 Å². The minimum absolute atomic E-state index is 0.128. The molecule has 0 saturated carbocycles. The number of amides is 2. The number of rotatable bonds is 7. The van der Waals surface area contributed by atoms with Crippen molar-refractivity contribution in [3.05, 3.63) is 101 Å². The van der Waals surface area contributed by atoms with Gasteiger partial charge in [-0.25, -0.2) is 0 Å². The fourth-order valence-corrected chi connectivity index (χ4v) is 2.99. The summed E-state index contributed by atoms with van der Waals surface area (Å²) in [7, 11) is 0. The fourth-order valence-electron chi connectivity index (χ4n) is 2.82. The Morgan fingerprint density at radius 3 is 2.04 bits per heavy atom. The number of hydrogen-bond acceptors (Lipinski definition) is 3. The van der Waals surface area contributed by atoms with Crippen molar-refractivity contribution in [1.82, 2.24) is 5.32 Å². The summed E-state index contributed by atoms with van der Waals surface area (Å²) in [6, 6.07) is 23.5. The number of primary amides is 1. The van der Waals surface area contributed by atoms with Gasteiger partial charge < -0.3 is 15.8 Å². The number of halogens is 1. The molecule has 0 saturated heterocycles. The van der Waals surface area contributed by atoms with Crippen LogP contribution in [0.4, 0.5) is 0 Å². The van der Waals surface area contributed by atoms with Crippen LogP contribution in [0.5, 0.6) is 5.75 Å². The van der Waals surface area contributed by atoms with Crippen LogP contribution in [0, 0.1) is 0 Å². The fraction of sp³-hybridized carbons (Fsp3) is 0.0909. The molecular formula is C22H19ClN2O3. The summed E-state index contributed by atoms with van der Waals surface area (Å²) in [4.78, 5) is 24.1. The third kappa shape index (κ3) is 4.90. The molecule has 0 radical (unpaired) electrons. The zero-order valence-electron chi connectivity index (χ0n) is 15.0. The number of benzene rings is 3. The Balaban J connectivity index is 1.74. The van der Waals surface area contributed by atoms with E-state index < -0.39 is 5.91 Å². The second-order valence-corrected chi connectivity index (χ2v) is 6.55. The highest BCUT2D eigenvalue weighted by Crippen LogP contribution is 2.24. The molecule has 6 heteroatoms. The van der Waals surface area contributed by atoms with Crippen LogP contribution in [-0.4, -0.2) is 18.4 Å². The lowest BCUT2D eigenvalue weighted by molar-refractivity contribution is -0.123. The molecule has 0 heterocycles. The average molecular weight is 395 g/mol. The Kier molecular flexibility index (Phi) is 6.29. The molecule has 0 aliphatic heterocycles. The summed E-state index contributed by atoms with van der Waals surface area (Å²) in [6.07, 6.45) is 0. The Bertz CT molecular complexity index is 923. The molecule has 142 valence electrons. The summed E-state index contributed by atoms with van der Waals surface area (Å²) < 4.78 is 5.52. The zero-order chi connectivity index (χ0) is 19.9. The molecule has 3 aromatic carbocycles. The van der Waals surface area contributed by atoms with Gasteiger partial charge in [0.1, 0.15) is 5.75 Å². The molecular weight excluding hydrogens is 376 g/mol. The average Bonchev–Trinajstić information content (AvgIpc) is 2.72. The van der Waals surface area contributed by atoms with E-state index in [0.717, 1.165) is 11.1 Å². The number of hydrogen-bond donors (Lipinski definition) is 2. The zero-order valence-corrected chi connectivity index (χ0v) is 15.7. The van der Waals surface area contributed by atoms with Gasteiger partial charge in [-0.05, 0) is 29.3 Å². The molecule has 3 rings (SSSR count). The van der Waals surface area contributed by atoms with E-state index in [4.69, 9.17) is 22.1 Å². The smallest absolute Gasteiger partial charge is 0.258 e. The highest BCUT2D eigenvalue weighted by atomic mass is 35.5. The standard InChI is InChI=1S/C22H19ClN2O3/c23-17-11-12-19(18(13-17)22(24)27)28-14-20(26)25-21(15-7-3-1-4-8-15)16-9-5-2-6-10-16/h1-13,21H,14H2,(H2,24,27)(H,25,26). The van der Waals surface area contributed by atoms with Crippen LogP contribution in [0.25, 0.3) is 0 Å². The summed E-state index contributed by atoms with van der Waals surface area (Å²) in [6.45, 7) is -0.266. The molecule has 0 aliphatic rings. The minimum Gasteiger partial charge on any atom is -0.483 e. The van der Waals surface area contributed by atoms with Crippen LogP contribution < -0.4 is 15.8 Å². The maximum absolute atomic E-state index is 12.5. The van der Waals surface area contributed by atoms with Crippen molar-refractivity contribution in [2.75, 3.05) is 6.61 Å². The monoisotopic (exact) mass is 394 g/mol. The van der Waals surface area contributed by atoms with Crippen LogP contribution in [-0.2, 0) is 4.79 Å². The SMILES string of the molecule is NC(=O)c1cc(Cl)ccc1OCC(=O)NC(c1ccccc1)c1ccccc1. The predicted octanol–water partition coefficient (Wildman–Crippen LogP) is 3.72. The van der Waals surface area contributed by atoms with Crippen LogP contribution in [0.15, 0.2) is 78.9 Å². The molecule has 0 atom stereocenters. The molecule has 0 bridgehead atoms. The molecule has 0 aliphatic carbocycles. The number of carbonyl (C=O) groups excluding carboxylic acids is 2. The lowest BCUT2D eigenvalue weighted by Gasteiger charge is -2.20. The number of nitrogens with two attached hydrogens (primary N) is 1. The molecule has 28 heavy (non-hydrogen) atoms. The van der Waals surface area contributed by atoms with Crippen molar-refractivity contribution >= 4 is 23.4 Å². The molecule has 0 fully saturated rings. The van der Waals surface area contributed by atoms with E-state index in [1.54, 1.807) is 6.07 Å². The lowest BCUT2D eigenvalue weighted by atomic mass is 9.99. The van der Waals surface area contributed by atoms with Crippen molar-refractivity contribution < 1.29 is 14.3 Å². The van der Waals surface area contributed by atoms with Crippen molar-refractivity contribution in [3.8, 4) is 5.75 Å². The van der Waals surface area contributed by atoms with Gasteiger partial charge in [0.2, 0.25) is 0 Å². The van der Waals surface area contributed by atoms with Gasteiger partial charge in [-0.15, -0.1) is 0 Å². The van der Waals surface area contributed by atoms with E-state index >= 15 is 0 Å². The van der Waals surface area contributed by atoms with Gasteiger partial charge in [0, 0.05) is 5.02 Å². The molecule has 5 nitrogen and oxygen atoms in total. The Morgan fingerprint density at radius 2 is 1.50 bits per heavy atom.